The first-order valence-electron chi connectivity index (χ1n) is 7.02. The van der Waals surface area contributed by atoms with Crippen molar-refractivity contribution in [3.05, 3.63) is 58.8 Å². The van der Waals surface area contributed by atoms with Crippen LogP contribution in [0.4, 0.5) is 0 Å². The van der Waals surface area contributed by atoms with Crippen molar-refractivity contribution in [2.75, 3.05) is 0 Å². The highest BCUT2D eigenvalue weighted by Crippen LogP contribution is 2.28. The van der Waals surface area contributed by atoms with Gasteiger partial charge >= 0.3 is 0 Å². The maximum Gasteiger partial charge on any atom is 0.0965 e. The summed E-state index contributed by atoms with van der Waals surface area (Å²) in [6.07, 6.45) is 1.92. The summed E-state index contributed by atoms with van der Waals surface area (Å²) in [5.74, 6) is 0.980. The second kappa shape index (κ2) is 6.01. The molecule has 20 heavy (non-hydrogen) atoms. The molecule has 1 aromatic heterocycles. The summed E-state index contributed by atoms with van der Waals surface area (Å²) >= 11 is 1.82. The number of nitrogens with zero attached hydrogens (tertiary/aromatic N) is 1. The molecule has 0 saturated heterocycles. The van der Waals surface area contributed by atoms with Gasteiger partial charge in [0.1, 0.15) is 0 Å². The Morgan fingerprint density at radius 2 is 1.80 bits per heavy atom. The largest absolute Gasteiger partial charge is 0.250 e. The number of benzene rings is 1. The van der Waals surface area contributed by atoms with Gasteiger partial charge in [0.05, 0.1) is 5.03 Å². The maximum atomic E-state index is 4.48. The number of thioether (sulfide) groups is 1. The average molecular weight is 285 g/mol. The van der Waals surface area contributed by atoms with Gasteiger partial charge in [-0.25, -0.2) is 4.98 Å². The summed E-state index contributed by atoms with van der Waals surface area (Å²) in [4.78, 5) is 4.48. The van der Waals surface area contributed by atoms with E-state index in [-0.39, 0.29) is 5.41 Å². The third kappa shape index (κ3) is 3.86. The van der Waals surface area contributed by atoms with E-state index in [1.807, 2.05) is 18.0 Å². The lowest BCUT2D eigenvalue weighted by Crippen LogP contribution is -2.11. The highest BCUT2D eigenvalue weighted by molar-refractivity contribution is 7.98. The van der Waals surface area contributed by atoms with Gasteiger partial charge in [-0.15, -0.1) is 11.8 Å². The van der Waals surface area contributed by atoms with E-state index in [0.29, 0.717) is 0 Å². The van der Waals surface area contributed by atoms with Crippen molar-refractivity contribution < 1.29 is 0 Å². The van der Waals surface area contributed by atoms with Crippen LogP contribution in [0.5, 0.6) is 0 Å². The Labute approximate surface area is 126 Å². The highest BCUT2D eigenvalue weighted by Gasteiger charge is 2.14. The van der Waals surface area contributed by atoms with Gasteiger partial charge in [0.15, 0.2) is 0 Å². The summed E-state index contributed by atoms with van der Waals surface area (Å²) in [5.41, 5.74) is 5.60. The van der Waals surface area contributed by atoms with E-state index >= 15 is 0 Å². The van der Waals surface area contributed by atoms with Crippen molar-refractivity contribution in [1.82, 2.24) is 4.98 Å². The van der Waals surface area contributed by atoms with Crippen LogP contribution >= 0.6 is 11.8 Å². The Morgan fingerprint density at radius 3 is 2.50 bits per heavy atom. The molecule has 0 atom stereocenters. The topological polar surface area (TPSA) is 12.9 Å². The summed E-state index contributed by atoms with van der Waals surface area (Å²) in [6, 6.07) is 11.0. The Morgan fingerprint density at radius 1 is 1.05 bits per heavy atom. The molecule has 106 valence electrons. The third-order valence-corrected chi connectivity index (χ3v) is 4.46. The molecule has 1 heterocycles. The molecule has 0 amide bonds. The van der Waals surface area contributed by atoms with Crippen molar-refractivity contribution >= 4 is 11.8 Å². The third-order valence-electron chi connectivity index (χ3n) is 3.48. The van der Waals surface area contributed by atoms with Crippen molar-refractivity contribution in [2.24, 2.45) is 0 Å². The molecule has 2 rings (SSSR count). The fraction of sp³-hybridized carbons (Fsp3) is 0.389. The van der Waals surface area contributed by atoms with Crippen LogP contribution in [0.25, 0.3) is 0 Å². The fourth-order valence-corrected chi connectivity index (χ4v) is 3.02. The fourth-order valence-electron chi connectivity index (χ4n) is 2.06. The Kier molecular flexibility index (Phi) is 4.54. The normalized spacial score (nSPS) is 11.7. The smallest absolute Gasteiger partial charge is 0.0965 e. The monoisotopic (exact) mass is 285 g/mol. The highest BCUT2D eigenvalue weighted by atomic mass is 32.2. The van der Waals surface area contributed by atoms with E-state index in [2.05, 4.69) is 69.9 Å². The van der Waals surface area contributed by atoms with Crippen LogP contribution in [-0.2, 0) is 11.2 Å². The minimum atomic E-state index is 0.178. The van der Waals surface area contributed by atoms with Gasteiger partial charge in [0, 0.05) is 11.9 Å². The Hall–Kier alpha value is -1.28. The predicted molar refractivity (Wildman–Crippen MR) is 88.4 cm³/mol. The van der Waals surface area contributed by atoms with E-state index < -0.39 is 0 Å². The summed E-state index contributed by atoms with van der Waals surface area (Å²) in [7, 11) is 0. The molecule has 0 aliphatic rings. The van der Waals surface area contributed by atoms with Gasteiger partial charge in [0.25, 0.3) is 0 Å². The molecule has 0 saturated carbocycles. The van der Waals surface area contributed by atoms with Crippen LogP contribution in [0.3, 0.4) is 0 Å². The minimum absolute atomic E-state index is 0.178. The molecular weight excluding hydrogens is 262 g/mol. The molecule has 2 heteroatoms. The average Bonchev–Trinajstić information content (AvgIpc) is 2.39. The molecule has 0 aliphatic carbocycles. The molecule has 0 radical (unpaired) electrons. The van der Waals surface area contributed by atoms with Crippen LogP contribution in [-0.4, -0.2) is 4.98 Å². The minimum Gasteiger partial charge on any atom is -0.250 e. The van der Waals surface area contributed by atoms with Crippen LogP contribution in [0.15, 0.2) is 41.6 Å². The zero-order valence-electron chi connectivity index (χ0n) is 13.0. The molecule has 0 unspecified atom stereocenters. The Bertz CT molecular complexity index is 597. The molecule has 0 aliphatic heterocycles. The molecule has 0 spiro atoms. The zero-order valence-corrected chi connectivity index (χ0v) is 13.8. The molecule has 1 aromatic carbocycles. The van der Waals surface area contributed by atoms with Crippen LogP contribution < -0.4 is 0 Å². The predicted octanol–water partition coefficient (Wildman–Crippen LogP) is 5.29. The summed E-state index contributed by atoms with van der Waals surface area (Å²) in [6.45, 7) is 11.0. The molecule has 2 aromatic rings. The van der Waals surface area contributed by atoms with Crippen molar-refractivity contribution in [3.63, 3.8) is 0 Å². The first kappa shape index (κ1) is 15.1. The van der Waals surface area contributed by atoms with Crippen LogP contribution in [0.2, 0.25) is 0 Å². The van der Waals surface area contributed by atoms with Crippen molar-refractivity contribution in [3.8, 4) is 0 Å². The lowest BCUT2D eigenvalue weighted by molar-refractivity contribution is 0.587. The van der Waals surface area contributed by atoms with Gasteiger partial charge in [0.2, 0.25) is 0 Å². The Balaban J connectivity index is 2.13. The first-order valence-corrected chi connectivity index (χ1v) is 8.00. The van der Waals surface area contributed by atoms with Crippen molar-refractivity contribution in [2.45, 2.75) is 50.8 Å². The van der Waals surface area contributed by atoms with Gasteiger partial charge in [-0.2, -0.15) is 0 Å². The van der Waals surface area contributed by atoms with E-state index in [1.54, 1.807) is 0 Å². The quantitative estimate of drug-likeness (QED) is 0.711. The van der Waals surface area contributed by atoms with E-state index in [1.165, 1.54) is 22.3 Å². The van der Waals surface area contributed by atoms with Crippen LogP contribution in [0.1, 0.15) is 43.0 Å². The number of aromatic nitrogens is 1. The lowest BCUT2D eigenvalue weighted by atomic mass is 9.88. The zero-order chi connectivity index (χ0) is 14.8. The molecule has 1 nitrogen and oxygen atoms in total. The van der Waals surface area contributed by atoms with E-state index in [4.69, 9.17) is 0 Å². The maximum absolute atomic E-state index is 4.48. The molecule has 0 N–H and O–H groups in total. The van der Waals surface area contributed by atoms with Gasteiger partial charge in [-0.05, 0) is 48.1 Å². The number of rotatable bonds is 3. The summed E-state index contributed by atoms with van der Waals surface area (Å²) < 4.78 is 0. The number of aryl methyl sites for hydroxylation is 2. The number of hydrogen-bond donors (Lipinski definition) is 0. The first-order chi connectivity index (χ1) is 9.36. The van der Waals surface area contributed by atoms with Gasteiger partial charge in [-0.1, -0.05) is 44.5 Å². The number of pyridine rings is 1. The molecule has 0 fully saturated rings. The SMILES string of the molecule is Cc1ccc(C)c(CSc2cc(C(C)(C)C)ccn2)c1. The standard InChI is InChI=1S/C18H23NS/c1-13-6-7-14(2)15(10-13)12-20-17-11-16(8-9-19-17)18(3,4)5/h6-11H,12H2,1-5H3. The molecule has 0 bridgehead atoms. The van der Waals surface area contributed by atoms with Gasteiger partial charge in [-0.3, -0.25) is 0 Å². The summed E-state index contributed by atoms with van der Waals surface area (Å²) in [5, 5.41) is 1.11. The van der Waals surface area contributed by atoms with Crippen LogP contribution in [0, 0.1) is 13.8 Å². The number of hydrogen-bond acceptors (Lipinski definition) is 2. The van der Waals surface area contributed by atoms with Gasteiger partial charge < -0.3 is 0 Å². The van der Waals surface area contributed by atoms with E-state index in [0.717, 1.165) is 10.8 Å². The second-order valence-electron chi connectivity index (χ2n) is 6.35. The van der Waals surface area contributed by atoms with E-state index in [9.17, 15) is 0 Å². The lowest BCUT2D eigenvalue weighted by Gasteiger charge is -2.19. The van der Waals surface area contributed by atoms with Crippen molar-refractivity contribution in [1.29, 1.82) is 0 Å². The second-order valence-corrected chi connectivity index (χ2v) is 7.35. The molecular formula is C18H23NS.